The lowest BCUT2D eigenvalue weighted by Crippen LogP contribution is -2.32. The van der Waals surface area contributed by atoms with Crippen LogP contribution in [0.5, 0.6) is 5.75 Å². The van der Waals surface area contributed by atoms with Gasteiger partial charge in [0.05, 0.1) is 13.0 Å². The Morgan fingerprint density at radius 3 is 2.05 bits per heavy atom. The van der Waals surface area contributed by atoms with Crippen LogP contribution in [-0.2, 0) is 17.8 Å². The molecule has 0 spiro atoms. The number of alkyl halides is 3. The van der Waals surface area contributed by atoms with Crippen LogP contribution in [0.15, 0.2) is 83.0 Å². The van der Waals surface area contributed by atoms with Crippen molar-refractivity contribution in [3.63, 3.8) is 0 Å². The molecule has 0 aliphatic heterocycles. The number of halogens is 3. The molecular formula is C30H31F3N6O3. The minimum absolute atomic E-state index is 0.0498. The highest BCUT2D eigenvalue weighted by atomic mass is 19.4. The lowest BCUT2D eigenvalue weighted by molar-refractivity contribution is -0.274. The van der Waals surface area contributed by atoms with Crippen LogP contribution in [0.2, 0.25) is 0 Å². The summed E-state index contributed by atoms with van der Waals surface area (Å²) in [6, 6.07) is 19.6. The minimum Gasteiger partial charge on any atom is -0.406 e. The second kappa shape index (κ2) is 13.8. The summed E-state index contributed by atoms with van der Waals surface area (Å²) in [6.45, 7) is 0.186. The molecule has 1 saturated carbocycles. The molecule has 9 nitrogen and oxygen atoms in total. The molecule has 1 aliphatic carbocycles. The van der Waals surface area contributed by atoms with Crippen molar-refractivity contribution in [1.29, 1.82) is 11.1 Å². The summed E-state index contributed by atoms with van der Waals surface area (Å²) in [6.07, 6.45) is -0.209. The Morgan fingerprint density at radius 1 is 0.881 bits per heavy atom. The van der Waals surface area contributed by atoms with Crippen molar-refractivity contribution in [3.05, 3.63) is 95.1 Å². The summed E-state index contributed by atoms with van der Waals surface area (Å²) < 4.78 is 41.5. The second-order valence-corrected chi connectivity index (χ2v) is 10.1. The van der Waals surface area contributed by atoms with Gasteiger partial charge in [0, 0.05) is 11.3 Å². The molecule has 12 heteroatoms. The standard InChI is InChI=1S/C30H31F3N6O3/c31-30(32,33)42-26-16-8-20(9-17-26)18-27(40)39(25-14-12-23(13-15-25)22-4-2-1-3-5-22)19-21-6-10-24(11-7-21)28(41)36-29(37-34)38-35/h6-17,22,29,34-35H,1-5,18-19H2,(H,36,41). The number of anilines is 1. The highest BCUT2D eigenvalue weighted by Crippen LogP contribution is 2.34. The van der Waals surface area contributed by atoms with E-state index in [2.05, 4.69) is 20.3 Å². The Balaban J connectivity index is 1.53. The van der Waals surface area contributed by atoms with Crippen molar-refractivity contribution in [2.45, 2.75) is 63.6 Å². The summed E-state index contributed by atoms with van der Waals surface area (Å²) >= 11 is 0. The number of hydrogen-bond acceptors (Lipinski definition) is 7. The smallest absolute Gasteiger partial charge is 0.406 e. The quantitative estimate of drug-likeness (QED) is 0.203. The maximum Gasteiger partial charge on any atom is 0.573 e. The van der Waals surface area contributed by atoms with Gasteiger partial charge in [-0.25, -0.2) is 11.1 Å². The topological polar surface area (TPSA) is 131 Å². The van der Waals surface area contributed by atoms with E-state index in [1.54, 1.807) is 29.2 Å². The van der Waals surface area contributed by atoms with Crippen LogP contribution in [0.25, 0.3) is 0 Å². The summed E-state index contributed by atoms with van der Waals surface area (Å²) in [5.74, 6) is -0.679. The summed E-state index contributed by atoms with van der Waals surface area (Å²) in [4.78, 5) is 27.5. The number of rotatable bonds is 11. The molecule has 3 aromatic rings. The van der Waals surface area contributed by atoms with Gasteiger partial charge in [0.25, 0.3) is 12.2 Å². The monoisotopic (exact) mass is 580 g/mol. The van der Waals surface area contributed by atoms with Crippen LogP contribution in [0, 0.1) is 11.1 Å². The zero-order valence-electron chi connectivity index (χ0n) is 22.7. The van der Waals surface area contributed by atoms with E-state index in [-0.39, 0.29) is 30.2 Å². The molecule has 220 valence electrons. The van der Waals surface area contributed by atoms with Crippen LogP contribution in [0.3, 0.4) is 0 Å². The Labute approximate surface area is 241 Å². The van der Waals surface area contributed by atoms with Crippen LogP contribution < -0.4 is 15.0 Å². The fraction of sp³-hybridized carbons (Fsp3) is 0.333. The molecule has 0 aromatic heterocycles. The van der Waals surface area contributed by atoms with Crippen LogP contribution in [0.1, 0.15) is 65.1 Å². The SMILES string of the molecule is N=NC(N=N)NC(=O)c1ccc(CN(C(=O)Cc2ccc(OC(F)(F)F)cc2)c2ccc(C3CCCCC3)cc2)cc1. The molecule has 0 saturated heterocycles. The Hall–Kier alpha value is -4.61. The molecule has 42 heavy (non-hydrogen) atoms. The Morgan fingerprint density at radius 2 is 1.48 bits per heavy atom. The predicted octanol–water partition coefficient (Wildman–Crippen LogP) is 7.48. The van der Waals surface area contributed by atoms with Crippen molar-refractivity contribution in [2.75, 3.05) is 4.90 Å². The molecule has 0 bridgehead atoms. The van der Waals surface area contributed by atoms with Gasteiger partial charge in [-0.05, 0) is 71.8 Å². The van der Waals surface area contributed by atoms with E-state index < -0.39 is 18.6 Å². The number of nitrogens with one attached hydrogen (secondary N) is 3. The van der Waals surface area contributed by atoms with Gasteiger partial charge in [-0.1, -0.05) is 55.7 Å². The van der Waals surface area contributed by atoms with Gasteiger partial charge in [-0.2, -0.15) is 0 Å². The van der Waals surface area contributed by atoms with Gasteiger partial charge in [-0.15, -0.1) is 23.4 Å². The highest BCUT2D eigenvalue weighted by Gasteiger charge is 2.31. The van der Waals surface area contributed by atoms with E-state index in [4.69, 9.17) is 11.1 Å². The average molecular weight is 581 g/mol. The molecule has 1 fully saturated rings. The lowest BCUT2D eigenvalue weighted by Gasteiger charge is -2.26. The van der Waals surface area contributed by atoms with E-state index >= 15 is 0 Å². The zero-order chi connectivity index (χ0) is 30.1. The van der Waals surface area contributed by atoms with Gasteiger partial charge >= 0.3 is 6.36 Å². The number of amides is 2. The first-order valence-corrected chi connectivity index (χ1v) is 13.5. The molecule has 3 N–H and O–H groups in total. The van der Waals surface area contributed by atoms with Crippen LogP contribution in [-0.4, -0.2) is 24.5 Å². The summed E-state index contributed by atoms with van der Waals surface area (Å²) in [5.41, 5.74) is 17.3. The van der Waals surface area contributed by atoms with Gasteiger partial charge in [-0.3, -0.25) is 9.59 Å². The number of benzene rings is 3. The molecular weight excluding hydrogens is 549 g/mol. The number of carbonyl (C=O) groups excluding carboxylic acids is 2. The largest absolute Gasteiger partial charge is 0.573 e. The van der Waals surface area contributed by atoms with Crippen molar-refractivity contribution < 1.29 is 27.5 Å². The molecule has 0 heterocycles. The van der Waals surface area contributed by atoms with Gasteiger partial charge in [0.2, 0.25) is 5.91 Å². The highest BCUT2D eigenvalue weighted by molar-refractivity contribution is 5.95. The Kier molecular flexibility index (Phi) is 10.00. The molecule has 0 atom stereocenters. The number of nitrogens with zero attached hydrogens (tertiary/aromatic N) is 3. The number of carbonyl (C=O) groups is 2. The van der Waals surface area contributed by atoms with E-state index in [0.29, 0.717) is 17.2 Å². The lowest BCUT2D eigenvalue weighted by atomic mass is 9.84. The van der Waals surface area contributed by atoms with Crippen molar-refractivity contribution in [1.82, 2.24) is 5.32 Å². The van der Waals surface area contributed by atoms with E-state index in [1.165, 1.54) is 49.1 Å². The maximum atomic E-state index is 13.6. The van der Waals surface area contributed by atoms with Crippen molar-refractivity contribution in [3.8, 4) is 5.75 Å². The normalized spacial score (nSPS) is 14.5. The van der Waals surface area contributed by atoms with Gasteiger partial charge in [0.15, 0.2) is 0 Å². The van der Waals surface area contributed by atoms with Gasteiger partial charge < -0.3 is 15.0 Å². The number of ether oxygens (including phenoxy) is 1. The Bertz CT molecular complexity index is 1370. The predicted molar refractivity (Wildman–Crippen MR) is 148 cm³/mol. The van der Waals surface area contributed by atoms with Crippen molar-refractivity contribution in [2.24, 2.45) is 10.2 Å². The molecule has 0 unspecified atom stereocenters. The molecule has 0 radical (unpaired) electrons. The first kappa shape index (κ1) is 30.4. The van der Waals surface area contributed by atoms with Crippen LogP contribution >= 0.6 is 0 Å². The molecule has 3 aromatic carbocycles. The first-order chi connectivity index (χ1) is 20.1. The summed E-state index contributed by atoms with van der Waals surface area (Å²) in [5, 5.41) is 8.40. The minimum atomic E-state index is -4.80. The average Bonchev–Trinajstić information content (AvgIpc) is 2.99. The van der Waals surface area contributed by atoms with Crippen molar-refractivity contribution >= 4 is 17.5 Å². The third-order valence-electron chi connectivity index (χ3n) is 7.16. The third kappa shape index (κ3) is 8.45. The third-order valence-corrected chi connectivity index (χ3v) is 7.16. The molecule has 1 aliphatic rings. The van der Waals surface area contributed by atoms with E-state index in [9.17, 15) is 22.8 Å². The van der Waals surface area contributed by atoms with E-state index in [1.807, 2.05) is 24.3 Å². The fourth-order valence-corrected chi connectivity index (χ4v) is 5.00. The van der Waals surface area contributed by atoms with Crippen LogP contribution in [0.4, 0.5) is 18.9 Å². The number of hydrogen-bond donors (Lipinski definition) is 3. The fourth-order valence-electron chi connectivity index (χ4n) is 5.00. The zero-order valence-corrected chi connectivity index (χ0v) is 22.7. The van der Waals surface area contributed by atoms with E-state index in [0.717, 1.165) is 18.4 Å². The summed E-state index contributed by atoms with van der Waals surface area (Å²) in [7, 11) is 0. The first-order valence-electron chi connectivity index (χ1n) is 13.5. The molecule has 4 rings (SSSR count). The molecule has 2 amide bonds. The van der Waals surface area contributed by atoms with Gasteiger partial charge in [0.1, 0.15) is 5.75 Å². The second-order valence-electron chi connectivity index (χ2n) is 10.1. The maximum absolute atomic E-state index is 13.6.